The van der Waals surface area contributed by atoms with Crippen molar-refractivity contribution in [1.82, 2.24) is 0 Å². The number of ether oxygens (including phenoxy) is 3. The van der Waals surface area contributed by atoms with E-state index in [-0.39, 0.29) is 12.5 Å². The van der Waals surface area contributed by atoms with Gasteiger partial charge in [0.1, 0.15) is 6.61 Å². The van der Waals surface area contributed by atoms with E-state index in [1.807, 2.05) is 78.9 Å². The van der Waals surface area contributed by atoms with E-state index < -0.39 is 0 Å². The molecular formula is C26H24N2O4. The van der Waals surface area contributed by atoms with E-state index in [4.69, 9.17) is 14.2 Å². The van der Waals surface area contributed by atoms with Crippen LogP contribution in [0.2, 0.25) is 0 Å². The summed E-state index contributed by atoms with van der Waals surface area (Å²) < 4.78 is 16.7. The van der Waals surface area contributed by atoms with Gasteiger partial charge in [-0.25, -0.2) is 0 Å². The van der Waals surface area contributed by atoms with Crippen molar-refractivity contribution in [2.24, 2.45) is 5.10 Å². The molecule has 0 atom stereocenters. The number of para-hydroxylation sites is 1. The minimum absolute atomic E-state index is 0.202. The van der Waals surface area contributed by atoms with Crippen LogP contribution in [0.1, 0.15) is 11.1 Å². The van der Waals surface area contributed by atoms with E-state index in [1.54, 1.807) is 20.3 Å². The molecule has 0 aromatic heterocycles. The van der Waals surface area contributed by atoms with Crippen LogP contribution < -0.4 is 14.5 Å². The molecule has 0 unspecified atom stereocenters. The number of nitrogens with zero attached hydrogens (tertiary/aromatic N) is 2. The number of hydrogen-bond acceptors (Lipinski definition) is 5. The Balaban J connectivity index is 1.59. The molecule has 1 heterocycles. The fraction of sp³-hybridized carbons (Fsp3) is 0.154. The number of carbonyl (C=O) groups excluding carboxylic acids is 1. The van der Waals surface area contributed by atoms with Crippen molar-refractivity contribution in [3.05, 3.63) is 95.6 Å². The molecule has 6 heteroatoms. The molecule has 1 amide bonds. The average Bonchev–Trinajstić information content (AvgIpc) is 3.14. The highest BCUT2D eigenvalue weighted by Gasteiger charge is 2.31. The second kappa shape index (κ2) is 9.94. The quantitative estimate of drug-likeness (QED) is 0.488. The van der Waals surface area contributed by atoms with Crippen LogP contribution in [0.5, 0.6) is 11.5 Å². The smallest absolute Gasteiger partial charge is 0.280 e. The lowest BCUT2D eigenvalue weighted by molar-refractivity contribution is -0.114. The molecule has 0 saturated heterocycles. The summed E-state index contributed by atoms with van der Waals surface area (Å²) in [7, 11) is 3.18. The zero-order valence-corrected chi connectivity index (χ0v) is 18.0. The molecule has 3 aromatic carbocycles. The number of amides is 1. The Kier molecular flexibility index (Phi) is 6.63. The van der Waals surface area contributed by atoms with Crippen molar-refractivity contribution >= 4 is 23.4 Å². The van der Waals surface area contributed by atoms with Crippen LogP contribution in [0.15, 0.2) is 89.5 Å². The third-order valence-electron chi connectivity index (χ3n) is 4.97. The minimum Gasteiger partial charge on any atom is -0.493 e. The first-order chi connectivity index (χ1) is 15.7. The van der Waals surface area contributed by atoms with Crippen LogP contribution in [0.25, 0.3) is 6.08 Å². The van der Waals surface area contributed by atoms with Crippen LogP contribution in [0.3, 0.4) is 0 Å². The molecule has 0 N–H and O–H groups in total. The number of anilines is 1. The summed E-state index contributed by atoms with van der Waals surface area (Å²) in [6, 6.07) is 24.8. The molecule has 0 fully saturated rings. The lowest BCUT2D eigenvalue weighted by Crippen LogP contribution is -2.21. The molecule has 3 aromatic rings. The van der Waals surface area contributed by atoms with Crippen molar-refractivity contribution in [3.8, 4) is 11.5 Å². The lowest BCUT2D eigenvalue weighted by Gasteiger charge is -2.12. The Hall–Kier alpha value is -3.90. The van der Waals surface area contributed by atoms with E-state index in [0.29, 0.717) is 35.1 Å². The summed E-state index contributed by atoms with van der Waals surface area (Å²) in [4.78, 5) is 13.1. The predicted octanol–water partition coefficient (Wildman–Crippen LogP) is 4.71. The van der Waals surface area contributed by atoms with E-state index in [2.05, 4.69) is 5.10 Å². The maximum Gasteiger partial charge on any atom is 0.280 e. The summed E-state index contributed by atoms with van der Waals surface area (Å²) in [5.41, 5.74) is 3.63. The van der Waals surface area contributed by atoms with Gasteiger partial charge in [-0.05, 0) is 41.5 Å². The van der Waals surface area contributed by atoms with Gasteiger partial charge in [-0.1, -0.05) is 54.6 Å². The van der Waals surface area contributed by atoms with E-state index in [0.717, 1.165) is 11.1 Å². The third kappa shape index (κ3) is 4.71. The first-order valence-electron chi connectivity index (χ1n) is 10.2. The zero-order chi connectivity index (χ0) is 22.3. The molecule has 6 nitrogen and oxygen atoms in total. The Labute approximate surface area is 187 Å². The van der Waals surface area contributed by atoms with Crippen molar-refractivity contribution in [2.45, 2.75) is 6.61 Å². The summed E-state index contributed by atoms with van der Waals surface area (Å²) >= 11 is 0. The van der Waals surface area contributed by atoms with E-state index >= 15 is 0 Å². The van der Waals surface area contributed by atoms with Gasteiger partial charge in [-0.2, -0.15) is 10.1 Å². The topological polar surface area (TPSA) is 60.4 Å². The molecule has 0 spiro atoms. The Morgan fingerprint density at radius 2 is 1.59 bits per heavy atom. The monoisotopic (exact) mass is 428 g/mol. The van der Waals surface area contributed by atoms with Crippen molar-refractivity contribution in [2.75, 3.05) is 25.8 Å². The van der Waals surface area contributed by atoms with Gasteiger partial charge in [-0.15, -0.1) is 0 Å². The van der Waals surface area contributed by atoms with Gasteiger partial charge in [0.25, 0.3) is 5.91 Å². The number of rotatable bonds is 8. The normalized spacial score (nSPS) is 14.6. The van der Waals surface area contributed by atoms with Gasteiger partial charge in [0.2, 0.25) is 0 Å². The van der Waals surface area contributed by atoms with Crippen molar-refractivity contribution < 1.29 is 19.0 Å². The number of carbonyl (C=O) groups is 1. The standard InChI is InChI=1S/C26H24N2O4/c1-30-18-23-22(26(29)28(27-23)21-11-7-4-8-12-21)15-20-13-14-24(25(16-20)31-2)32-17-19-9-5-3-6-10-19/h3-16H,17-18H2,1-2H3/b22-15-. The molecule has 0 bridgehead atoms. The molecule has 0 aliphatic carbocycles. The van der Waals surface area contributed by atoms with E-state index in [9.17, 15) is 4.79 Å². The van der Waals surface area contributed by atoms with Gasteiger partial charge in [-0.3, -0.25) is 4.79 Å². The van der Waals surface area contributed by atoms with Crippen LogP contribution >= 0.6 is 0 Å². The molecule has 0 saturated carbocycles. The highest BCUT2D eigenvalue weighted by atomic mass is 16.5. The first kappa shape index (κ1) is 21.3. The number of hydrazone groups is 1. The van der Waals surface area contributed by atoms with Crippen LogP contribution in [0, 0.1) is 0 Å². The van der Waals surface area contributed by atoms with Crippen molar-refractivity contribution in [3.63, 3.8) is 0 Å². The fourth-order valence-electron chi connectivity index (χ4n) is 3.39. The van der Waals surface area contributed by atoms with Gasteiger partial charge in [0.05, 0.1) is 30.7 Å². The second-order valence-electron chi connectivity index (χ2n) is 7.17. The highest BCUT2D eigenvalue weighted by Crippen LogP contribution is 2.31. The third-order valence-corrected chi connectivity index (χ3v) is 4.97. The van der Waals surface area contributed by atoms with Gasteiger partial charge in [0, 0.05) is 7.11 Å². The molecule has 162 valence electrons. The first-order valence-corrected chi connectivity index (χ1v) is 10.2. The van der Waals surface area contributed by atoms with Crippen LogP contribution in [-0.4, -0.2) is 32.4 Å². The number of methoxy groups -OCH3 is 2. The molecule has 1 aliphatic heterocycles. The van der Waals surface area contributed by atoms with Crippen LogP contribution in [0.4, 0.5) is 5.69 Å². The zero-order valence-electron chi connectivity index (χ0n) is 18.0. The average molecular weight is 428 g/mol. The maximum absolute atomic E-state index is 13.1. The SMILES string of the molecule is COCC1=NN(c2ccccc2)C(=O)/C1=C\c1ccc(OCc2ccccc2)c(OC)c1. The minimum atomic E-state index is -0.202. The Morgan fingerprint density at radius 1 is 0.875 bits per heavy atom. The fourth-order valence-corrected chi connectivity index (χ4v) is 3.39. The Bertz CT molecular complexity index is 1140. The molecule has 32 heavy (non-hydrogen) atoms. The molecule has 4 rings (SSSR count). The summed E-state index contributed by atoms with van der Waals surface area (Å²) in [5, 5.41) is 5.88. The summed E-state index contributed by atoms with van der Waals surface area (Å²) in [6.07, 6.45) is 1.80. The van der Waals surface area contributed by atoms with Crippen molar-refractivity contribution in [1.29, 1.82) is 0 Å². The number of benzene rings is 3. The maximum atomic E-state index is 13.1. The van der Waals surface area contributed by atoms with Gasteiger partial charge in [0.15, 0.2) is 11.5 Å². The predicted molar refractivity (Wildman–Crippen MR) is 125 cm³/mol. The summed E-state index contributed by atoms with van der Waals surface area (Å²) in [6.45, 7) is 0.670. The molecule has 0 radical (unpaired) electrons. The van der Waals surface area contributed by atoms with Crippen LogP contribution in [-0.2, 0) is 16.1 Å². The largest absolute Gasteiger partial charge is 0.493 e. The highest BCUT2D eigenvalue weighted by molar-refractivity contribution is 6.33. The number of hydrogen-bond donors (Lipinski definition) is 0. The molecular weight excluding hydrogens is 404 g/mol. The second-order valence-corrected chi connectivity index (χ2v) is 7.17. The molecule has 1 aliphatic rings. The summed E-state index contributed by atoms with van der Waals surface area (Å²) in [5.74, 6) is 1.02. The lowest BCUT2D eigenvalue weighted by atomic mass is 10.1. The Morgan fingerprint density at radius 3 is 2.28 bits per heavy atom. The van der Waals surface area contributed by atoms with Gasteiger partial charge >= 0.3 is 0 Å². The van der Waals surface area contributed by atoms with Gasteiger partial charge < -0.3 is 14.2 Å². The van der Waals surface area contributed by atoms with E-state index in [1.165, 1.54) is 5.01 Å².